The molecule has 2 heterocycles. The van der Waals surface area contributed by atoms with Crippen LogP contribution in [-0.2, 0) is 11.2 Å². The number of hydrogen-bond donors (Lipinski definition) is 2. The van der Waals surface area contributed by atoms with Crippen LogP contribution in [0.4, 0.5) is 17.3 Å². The number of aromatic nitrogens is 2. The largest absolute Gasteiger partial charge is 0.326 e. The van der Waals surface area contributed by atoms with E-state index in [1.54, 1.807) is 12.4 Å². The van der Waals surface area contributed by atoms with Gasteiger partial charge in [0.15, 0.2) is 0 Å². The standard InChI is InChI=1S/C19H16N4O/c1-12-2-6-16(7-3-12)22-19-20-10-15(11-21-19)13-4-5-14-9-18(24)23-17(14)8-13/h2-8,10-11H,9H2,1H3,(H,23,24)(H,20,21,22). The maximum atomic E-state index is 11.4. The van der Waals surface area contributed by atoms with Crippen molar-refractivity contribution in [2.24, 2.45) is 0 Å². The van der Waals surface area contributed by atoms with Gasteiger partial charge in [0.05, 0.1) is 6.42 Å². The van der Waals surface area contributed by atoms with E-state index < -0.39 is 0 Å². The third-order valence-corrected chi connectivity index (χ3v) is 4.03. The van der Waals surface area contributed by atoms with E-state index in [4.69, 9.17) is 0 Å². The summed E-state index contributed by atoms with van der Waals surface area (Å²) in [7, 11) is 0. The second-order valence-corrected chi connectivity index (χ2v) is 5.88. The first-order valence-corrected chi connectivity index (χ1v) is 7.76. The number of amides is 1. The molecule has 1 aromatic heterocycles. The zero-order valence-corrected chi connectivity index (χ0v) is 13.2. The molecule has 1 aliphatic heterocycles. The first-order valence-electron chi connectivity index (χ1n) is 7.76. The minimum absolute atomic E-state index is 0.0380. The van der Waals surface area contributed by atoms with E-state index in [2.05, 4.69) is 20.6 Å². The van der Waals surface area contributed by atoms with E-state index in [0.717, 1.165) is 28.1 Å². The molecule has 24 heavy (non-hydrogen) atoms. The van der Waals surface area contributed by atoms with Crippen molar-refractivity contribution in [2.45, 2.75) is 13.3 Å². The molecular formula is C19H16N4O. The SMILES string of the molecule is Cc1ccc(Nc2ncc(-c3ccc4c(c3)NC(=O)C4)cn2)cc1. The molecule has 1 amide bonds. The second kappa shape index (κ2) is 5.77. The molecule has 0 saturated heterocycles. The summed E-state index contributed by atoms with van der Waals surface area (Å²) in [4.78, 5) is 20.2. The Hall–Kier alpha value is -3.21. The number of carbonyl (C=O) groups is 1. The van der Waals surface area contributed by atoms with E-state index in [1.807, 2.05) is 49.4 Å². The average Bonchev–Trinajstić information content (AvgIpc) is 2.97. The van der Waals surface area contributed by atoms with Crippen molar-refractivity contribution in [1.29, 1.82) is 0 Å². The second-order valence-electron chi connectivity index (χ2n) is 5.88. The van der Waals surface area contributed by atoms with Gasteiger partial charge in [0.25, 0.3) is 0 Å². The lowest BCUT2D eigenvalue weighted by atomic mass is 10.1. The van der Waals surface area contributed by atoms with Gasteiger partial charge in [-0.2, -0.15) is 0 Å². The smallest absolute Gasteiger partial charge is 0.228 e. The Morgan fingerprint density at radius 1 is 1.00 bits per heavy atom. The molecule has 5 heteroatoms. The highest BCUT2D eigenvalue weighted by atomic mass is 16.1. The Morgan fingerprint density at radius 3 is 2.50 bits per heavy atom. The van der Waals surface area contributed by atoms with Crippen molar-refractivity contribution >= 4 is 23.2 Å². The van der Waals surface area contributed by atoms with Gasteiger partial charge in [0.2, 0.25) is 11.9 Å². The Kier molecular flexibility index (Phi) is 3.46. The molecule has 5 nitrogen and oxygen atoms in total. The number of aryl methyl sites for hydroxylation is 1. The first-order chi connectivity index (χ1) is 11.7. The monoisotopic (exact) mass is 316 g/mol. The molecule has 3 aromatic rings. The normalized spacial score (nSPS) is 12.6. The summed E-state index contributed by atoms with van der Waals surface area (Å²) >= 11 is 0. The fraction of sp³-hybridized carbons (Fsp3) is 0.105. The number of hydrogen-bond acceptors (Lipinski definition) is 4. The van der Waals surface area contributed by atoms with Gasteiger partial charge in [-0.05, 0) is 36.2 Å². The highest BCUT2D eigenvalue weighted by Gasteiger charge is 2.17. The lowest BCUT2D eigenvalue weighted by Gasteiger charge is -2.07. The molecule has 0 aliphatic carbocycles. The van der Waals surface area contributed by atoms with Crippen LogP contribution in [0.5, 0.6) is 0 Å². The highest BCUT2D eigenvalue weighted by molar-refractivity contribution is 5.99. The summed E-state index contributed by atoms with van der Waals surface area (Å²) < 4.78 is 0. The van der Waals surface area contributed by atoms with Crippen LogP contribution in [-0.4, -0.2) is 15.9 Å². The number of nitrogens with zero attached hydrogens (tertiary/aromatic N) is 2. The van der Waals surface area contributed by atoms with Crippen LogP contribution in [0.15, 0.2) is 54.9 Å². The Labute approximate surface area is 139 Å². The zero-order valence-electron chi connectivity index (χ0n) is 13.2. The van der Waals surface area contributed by atoms with Gasteiger partial charge in [-0.1, -0.05) is 29.8 Å². The molecule has 2 N–H and O–H groups in total. The fourth-order valence-electron chi connectivity index (χ4n) is 2.70. The third kappa shape index (κ3) is 2.84. The molecule has 118 valence electrons. The van der Waals surface area contributed by atoms with Crippen molar-refractivity contribution in [3.8, 4) is 11.1 Å². The topological polar surface area (TPSA) is 66.9 Å². The van der Waals surface area contributed by atoms with E-state index in [0.29, 0.717) is 12.4 Å². The van der Waals surface area contributed by atoms with Gasteiger partial charge in [0.1, 0.15) is 0 Å². The molecule has 0 fully saturated rings. The number of nitrogens with one attached hydrogen (secondary N) is 2. The number of anilines is 3. The van der Waals surface area contributed by atoms with Crippen molar-refractivity contribution in [3.63, 3.8) is 0 Å². The average molecular weight is 316 g/mol. The quantitative estimate of drug-likeness (QED) is 0.773. The molecule has 1 aliphatic rings. The molecule has 0 atom stereocenters. The Balaban J connectivity index is 1.55. The molecule has 0 unspecified atom stereocenters. The summed E-state index contributed by atoms with van der Waals surface area (Å²) in [6, 6.07) is 14.0. The summed E-state index contributed by atoms with van der Waals surface area (Å²) in [5.74, 6) is 0.591. The minimum Gasteiger partial charge on any atom is -0.326 e. The van der Waals surface area contributed by atoms with Crippen molar-refractivity contribution in [2.75, 3.05) is 10.6 Å². The molecule has 0 spiro atoms. The molecule has 0 saturated carbocycles. The van der Waals surface area contributed by atoms with Crippen LogP contribution < -0.4 is 10.6 Å². The van der Waals surface area contributed by atoms with Gasteiger partial charge in [0, 0.05) is 29.3 Å². The number of fused-ring (bicyclic) bond motifs is 1. The van der Waals surface area contributed by atoms with E-state index in [9.17, 15) is 4.79 Å². The van der Waals surface area contributed by atoms with Gasteiger partial charge < -0.3 is 10.6 Å². The highest BCUT2D eigenvalue weighted by Crippen LogP contribution is 2.29. The maximum Gasteiger partial charge on any atom is 0.228 e. The number of benzene rings is 2. The molecule has 0 radical (unpaired) electrons. The van der Waals surface area contributed by atoms with Crippen LogP contribution in [0.2, 0.25) is 0 Å². The van der Waals surface area contributed by atoms with Gasteiger partial charge in [-0.3, -0.25) is 4.79 Å². The van der Waals surface area contributed by atoms with E-state index >= 15 is 0 Å². The van der Waals surface area contributed by atoms with E-state index in [1.165, 1.54) is 5.56 Å². The summed E-state index contributed by atoms with van der Waals surface area (Å²) in [6.45, 7) is 2.05. The first kappa shape index (κ1) is 14.4. The number of carbonyl (C=O) groups excluding carboxylic acids is 1. The zero-order chi connectivity index (χ0) is 16.5. The van der Waals surface area contributed by atoms with Gasteiger partial charge in [-0.15, -0.1) is 0 Å². The molecule has 0 bridgehead atoms. The van der Waals surface area contributed by atoms with Crippen LogP contribution in [0, 0.1) is 6.92 Å². The predicted octanol–water partition coefficient (Wildman–Crippen LogP) is 3.69. The summed E-state index contributed by atoms with van der Waals surface area (Å²) in [5, 5.41) is 6.04. The van der Waals surface area contributed by atoms with Crippen molar-refractivity contribution in [1.82, 2.24) is 9.97 Å². The molecule has 4 rings (SSSR count). The molecular weight excluding hydrogens is 300 g/mol. The summed E-state index contributed by atoms with van der Waals surface area (Å²) in [6.07, 6.45) is 4.01. The lowest BCUT2D eigenvalue weighted by molar-refractivity contribution is -0.115. The Bertz CT molecular complexity index is 902. The lowest BCUT2D eigenvalue weighted by Crippen LogP contribution is -2.03. The van der Waals surface area contributed by atoms with E-state index in [-0.39, 0.29) is 5.91 Å². The van der Waals surface area contributed by atoms with Crippen LogP contribution in [0.25, 0.3) is 11.1 Å². The van der Waals surface area contributed by atoms with Gasteiger partial charge >= 0.3 is 0 Å². The van der Waals surface area contributed by atoms with Gasteiger partial charge in [-0.25, -0.2) is 9.97 Å². The van der Waals surface area contributed by atoms with Crippen molar-refractivity contribution < 1.29 is 4.79 Å². The Morgan fingerprint density at radius 2 is 1.75 bits per heavy atom. The maximum absolute atomic E-state index is 11.4. The number of rotatable bonds is 3. The van der Waals surface area contributed by atoms with Crippen molar-refractivity contribution in [3.05, 3.63) is 66.0 Å². The van der Waals surface area contributed by atoms with Crippen LogP contribution in [0.3, 0.4) is 0 Å². The van der Waals surface area contributed by atoms with Crippen LogP contribution >= 0.6 is 0 Å². The minimum atomic E-state index is 0.0380. The third-order valence-electron chi connectivity index (χ3n) is 4.03. The summed E-state index contributed by atoms with van der Waals surface area (Å²) in [5.41, 5.74) is 5.96. The molecule has 2 aromatic carbocycles. The fourth-order valence-corrected chi connectivity index (χ4v) is 2.70. The van der Waals surface area contributed by atoms with Crippen LogP contribution in [0.1, 0.15) is 11.1 Å². The predicted molar refractivity (Wildman–Crippen MR) is 94.3 cm³/mol.